The number of carbonyl (C=O) groups is 2. The number of ketones is 1. The summed E-state index contributed by atoms with van der Waals surface area (Å²) in [4.78, 5) is 26.7. The van der Waals surface area contributed by atoms with Crippen molar-refractivity contribution in [2.75, 3.05) is 14.2 Å². The zero-order valence-electron chi connectivity index (χ0n) is 12.7. The Hall–Kier alpha value is -1.20. The van der Waals surface area contributed by atoms with Gasteiger partial charge in [-0.2, -0.15) is 0 Å². The van der Waals surface area contributed by atoms with E-state index in [-0.39, 0.29) is 11.7 Å². The van der Waals surface area contributed by atoms with Gasteiger partial charge < -0.3 is 9.64 Å². The van der Waals surface area contributed by atoms with Crippen LogP contribution in [0.1, 0.15) is 48.2 Å². The predicted molar refractivity (Wildman–Crippen MR) is 83.7 cm³/mol. The van der Waals surface area contributed by atoms with Crippen LogP contribution in [0.15, 0.2) is 17.5 Å². The number of Topliss-reactive ketones (excluding diaryl/α,β-unsaturated/α-hetero) is 1. The quantitative estimate of drug-likeness (QED) is 0.759. The minimum absolute atomic E-state index is 0.0647. The van der Waals surface area contributed by atoms with E-state index in [0.29, 0.717) is 25.0 Å². The van der Waals surface area contributed by atoms with Gasteiger partial charge in [0.15, 0.2) is 5.78 Å². The monoisotopic (exact) mass is 309 g/mol. The lowest BCUT2D eigenvalue weighted by molar-refractivity contribution is -0.133. The summed E-state index contributed by atoms with van der Waals surface area (Å²) in [6.07, 6.45) is 4.93. The molecule has 5 heteroatoms. The second-order valence-electron chi connectivity index (χ2n) is 5.57. The molecule has 116 valence electrons. The number of ether oxygens (including phenoxy) is 1. The van der Waals surface area contributed by atoms with E-state index in [0.717, 1.165) is 30.6 Å². The van der Waals surface area contributed by atoms with Crippen molar-refractivity contribution >= 4 is 23.0 Å². The summed E-state index contributed by atoms with van der Waals surface area (Å²) in [6.45, 7) is 0. The third kappa shape index (κ3) is 4.38. The fourth-order valence-corrected chi connectivity index (χ4v) is 3.52. The van der Waals surface area contributed by atoms with E-state index >= 15 is 0 Å². The summed E-state index contributed by atoms with van der Waals surface area (Å²) in [5.74, 6) is 0.135. The number of nitrogens with zero attached hydrogens (tertiary/aromatic N) is 1. The van der Waals surface area contributed by atoms with Crippen LogP contribution in [0.2, 0.25) is 0 Å². The van der Waals surface area contributed by atoms with Crippen molar-refractivity contribution < 1.29 is 14.3 Å². The molecule has 0 saturated heterocycles. The molecule has 0 radical (unpaired) electrons. The number of thiophene rings is 1. The lowest BCUT2D eigenvalue weighted by Gasteiger charge is -2.34. The Morgan fingerprint density at radius 1 is 1.29 bits per heavy atom. The van der Waals surface area contributed by atoms with E-state index in [1.165, 1.54) is 11.3 Å². The molecule has 0 bridgehead atoms. The zero-order valence-corrected chi connectivity index (χ0v) is 13.5. The molecule has 0 aromatic carbocycles. The molecule has 1 heterocycles. The van der Waals surface area contributed by atoms with E-state index in [9.17, 15) is 9.59 Å². The first-order valence-corrected chi connectivity index (χ1v) is 8.35. The highest BCUT2D eigenvalue weighted by molar-refractivity contribution is 7.12. The van der Waals surface area contributed by atoms with Crippen LogP contribution in [0.25, 0.3) is 0 Å². The maximum Gasteiger partial charge on any atom is 0.223 e. The number of methoxy groups -OCH3 is 1. The lowest BCUT2D eigenvalue weighted by atomic mass is 9.92. The van der Waals surface area contributed by atoms with Crippen LogP contribution in [0.3, 0.4) is 0 Å². The summed E-state index contributed by atoms with van der Waals surface area (Å²) in [7, 11) is 3.60. The highest BCUT2D eigenvalue weighted by Gasteiger charge is 2.26. The third-order valence-electron chi connectivity index (χ3n) is 4.28. The number of rotatable bonds is 6. The average molecular weight is 309 g/mol. The molecule has 0 N–H and O–H groups in total. The first-order valence-electron chi connectivity index (χ1n) is 7.47. The molecule has 1 aromatic rings. The van der Waals surface area contributed by atoms with Gasteiger partial charge in [0.05, 0.1) is 11.0 Å². The van der Waals surface area contributed by atoms with Gasteiger partial charge in [0.2, 0.25) is 5.91 Å². The van der Waals surface area contributed by atoms with Crippen molar-refractivity contribution in [3.05, 3.63) is 22.4 Å². The fourth-order valence-electron chi connectivity index (χ4n) is 2.83. The smallest absolute Gasteiger partial charge is 0.223 e. The van der Waals surface area contributed by atoms with Crippen LogP contribution < -0.4 is 0 Å². The minimum atomic E-state index is 0.0647. The van der Waals surface area contributed by atoms with E-state index in [1.807, 2.05) is 29.5 Å². The molecule has 1 amide bonds. The van der Waals surface area contributed by atoms with Crippen molar-refractivity contribution in [2.45, 2.75) is 50.7 Å². The number of hydrogen-bond acceptors (Lipinski definition) is 4. The van der Waals surface area contributed by atoms with Gasteiger partial charge in [-0.15, -0.1) is 11.3 Å². The van der Waals surface area contributed by atoms with Gasteiger partial charge in [0.1, 0.15) is 0 Å². The van der Waals surface area contributed by atoms with Crippen molar-refractivity contribution in [1.29, 1.82) is 0 Å². The minimum Gasteiger partial charge on any atom is -0.381 e. The van der Waals surface area contributed by atoms with Gasteiger partial charge >= 0.3 is 0 Å². The van der Waals surface area contributed by atoms with Crippen LogP contribution in [-0.4, -0.2) is 42.9 Å². The van der Waals surface area contributed by atoms with Gasteiger partial charge in [-0.1, -0.05) is 6.07 Å². The highest BCUT2D eigenvalue weighted by atomic mass is 32.1. The summed E-state index contributed by atoms with van der Waals surface area (Å²) >= 11 is 1.43. The van der Waals surface area contributed by atoms with Gasteiger partial charge in [0, 0.05) is 33.0 Å². The molecule has 0 spiro atoms. The highest BCUT2D eigenvalue weighted by Crippen LogP contribution is 2.24. The van der Waals surface area contributed by atoms with Gasteiger partial charge in [0.25, 0.3) is 0 Å². The SMILES string of the molecule is COC1CCC(N(C)C(=O)CCC(=O)c2cccs2)CC1. The Kier molecular flexibility index (Phi) is 5.94. The van der Waals surface area contributed by atoms with Crippen LogP contribution in [0, 0.1) is 0 Å². The normalized spacial score (nSPS) is 22.0. The maximum absolute atomic E-state index is 12.2. The first-order chi connectivity index (χ1) is 10.1. The second kappa shape index (κ2) is 7.71. The molecule has 2 rings (SSSR count). The summed E-state index contributed by atoms with van der Waals surface area (Å²) in [5.41, 5.74) is 0. The molecule has 1 aliphatic rings. The number of hydrogen-bond donors (Lipinski definition) is 0. The second-order valence-corrected chi connectivity index (χ2v) is 6.52. The Balaban J connectivity index is 1.76. The Bertz CT molecular complexity index is 464. The zero-order chi connectivity index (χ0) is 15.2. The average Bonchev–Trinajstić information content (AvgIpc) is 3.06. The van der Waals surface area contributed by atoms with Crippen molar-refractivity contribution in [3.8, 4) is 0 Å². The summed E-state index contributed by atoms with van der Waals surface area (Å²) < 4.78 is 5.35. The van der Waals surface area contributed by atoms with Crippen LogP contribution in [-0.2, 0) is 9.53 Å². The molecule has 0 aliphatic heterocycles. The standard InChI is InChI=1S/C16H23NO3S/c1-17(12-5-7-13(20-2)8-6-12)16(19)10-9-14(18)15-4-3-11-21-15/h3-4,11-13H,5-10H2,1-2H3. The van der Waals surface area contributed by atoms with Crippen molar-refractivity contribution in [3.63, 3.8) is 0 Å². The molecule has 21 heavy (non-hydrogen) atoms. The number of amides is 1. The van der Waals surface area contributed by atoms with Crippen LogP contribution in [0.4, 0.5) is 0 Å². The molecule has 1 aromatic heterocycles. The van der Waals surface area contributed by atoms with Crippen LogP contribution in [0.5, 0.6) is 0 Å². The molecule has 1 aliphatic carbocycles. The van der Waals surface area contributed by atoms with E-state index in [4.69, 9.17) is 4.74 Å². The van der Waals surface area contributed by atoms with E-state index in [2.05, 4.69) is 0 Å². The number of carbonyl (C=O) groups excluding carboxylic acids is 2. The largest absolute Gasteiger partial charge is 0.381 e. The predicted octanol–water partition coefficient (Wildman–Crippen LogP) is 3.13. The van der Waals surface area contributed by atoms with Crippen LogP contribution >= 0.6 is 11.3 Å². The van der Waals surface area contributed by atoms with Gasteiger partial charge in [-0.05, 0) is 37.1 Å². The molecule has 1 fully saturated rings. The molecular formula is C16H23NO3S. The van der Waals surface area contributed by atoms with Gasteiger partial charge in [-0.25, -0.2) is 0 Å². The molecular weight excluding hydrogens is 286 g/mol. The molecule has 4 nitrogen and oxygen atoms in total. The van der Waals surface area contributed by atoms with E-state index < -0.39 is 0 Å². The Morgan fingerprint density at radius 2 is 2.00 bits per heavy atom. The molecule has 0 unspecified atom stereocenters. The Morgan fingerprint density at radius 3 is 2.57 bits per heavy atom. The fraction of sp³-hybridized carbons (Fsp3) is 0.625. The summed E-state index contributed by atoms with van der Waals surface area (Å²) in [6, 6.07) is 3.97. The topological polar surface area (TPSA) is 46.6 Å². The third-order valence-corrected chi connectivity index (χ3v) is 5.19. The first kappa shape index (κ1) is 16.2. The van der Waals surface area contributed by atoms with Crippen molar-refractivity contribution in [2.24, 2.45) is 0 Å². The molecule has 1 saturated carbocycles. The molecule has 0 atom stereocenters. The summed E-state index contributed by atoms with van der Waals surface area (Å²) in [5, 5.41) is 1.88. The van der Waals surface area contributed by atoms with Gasteiger partial charge in [-0.3, -0.25) is 9.59 Å². The van der Waals surface area contributed by atoms with Crippen molar-refractivity contribution in [1.82, 2.24) is 4.90 Å². The lowest BCUT2D eigenvalue weighted by Crippen LogP contribution is -2.40. The maximum atomic E-state index is 12.2. The van der Waals surface area contributed by atoms with E-state index in [1.54, 1.807) is 7.11 Å². The Labute approximate surface area is 130 Å².